The highest BCUT2D eigenvalue weighted by Crippen LogP contribution is 2.30. The lowest BCUT2D eigenvalue weighted by atomic mass is 10.0. The third kappa shape index (κ3) is 5.25. The maximum Gasteiger partial charge on any atom is 0.416 e. The average molecular weight is 320 g/mol. The Kier molecular flexibility index (Phi) is 5.61. The van der Waals surface area contributed by atoms with Gasteiger partial charge in [0, 0.05) is 0 Å². The van der Waals surface area contributed by atoms with Crippen LogP contribution in [0, 0.1) is 0 Å². The minimum atomic E-state index is -4.36. The highest BCUT2D eigenvalue weighted by Gasteiger charge is 2.30. The quantitative estimate of drug-likeness (QED) is 0.739. The van der Waals surface area contributed by atoms with Gasteiger partial charge < -0.3 is 5.11 Å². The molecule has 0 aliphatic rings. The van der Waals surface area contributed by atoms with Crippen LogP contribution in [0.5, 0.6) is 0 Å². The van der Waals surface area contributed by atoms with Crippen LogP contribution < -0.4 is 0 Å². The first-order valence-electron chi connectivity index (χ1n) is 7.42. The van der Waals surface area contributed by atoms with E-state index in [0.29, 0.717) is 5.56 Å². The summed E-state index contributed by atoms with van der Waals surface area (Å²) in [5.74, 6) is 0. The molecule has 1 nitrogen and oxygen atoms in total. The molecule has 1 N–H and O–H groups in total. The summed E-state index contributed by atoms with van der Waals surface area (Å²) in [5.41, 5.74) is 1.96. The predicted octanol–water partition coefficient (Wildman–Crippen LogP) is 5.32. The van der Waals surface area contributed by atoms with E-state index >= 15 is 0 Å². The van der Waals surface area contributed by atoms with E-state index in [0.717, 1.165) is 30.5 Å². The van der Waals surface area contributed by atoms with Crippen LogP contribution in [0.3, 0.4) is 0 Å². The van der Waals surface area contributed by atoms with E-state index in [2.05, 4.69) is 0 Å². The molecule has 0 unspecified atom stereocenters. The van der Waals surface area contributed by atoms with E-state index < -0.39 is 17.8 Å². The topological polar surface area (TPSA) is 20.2 Å². The van der Waals surface area contributed by atoms with Crippen LogP contribution >= 0.6 is 0 Å². The molecule has 0 amide bonds. The van der Waals surface area contributed by atoms with Crippen molar-refractivity contribution in [1.29, 1.82) is 0 Å². The van der Waals surface area contributed by atoms with Gasteiger partial charge in [0.25, 0.3) is 0 Å². The number of hydrogen-bond acceptors (Lipinski definition) is 1. The van der Waals surface area contributed by atoms with Crippen LogP contribution in [0.15, 0.2) is 66.2 Å². The van der Waals surface area contributed by atoms with Crippen LogP contribution in [-0.2, 0) is 12.6 Å². The molecule has 2 aromatic carbocycles. The summed E-state index contributed by atoms with van der Waals surface area (Å²) in [7, 11) is 0. The van der Waals surface area contributed by atoms with Gasteiger partial charge in [-0.1, -0.05) is 54.1 Å². The SMILES string of the molecule is C/C(=C\[C@H](O)c1ccc(C(F)(F)F)cc1)CCc1ccccc1. The lowest BCUT2D eigenvalue weighted by Crippen LogP contribution is -2.05. The van der Waals surface area contributed by atoms with Crippen molar-refractivity contribution in [1.82, 2.24) is 0 Å². The van der Waals surface area contributed by atoms with Gasteiger partial charge >= 0.3 is 6.18 Å². The third-order valence-corrected chi connectivity index (χ3v) is 3.67. The normalized spacial score (nSPS) is 13.9. The third-order valence-electron chi connectivity index (χ3n) is 3.67. The Bertz CT molecular complexity index is 643. The first-order chi connectivity index (χ1) is 10.9. The molecular formula is C19H19F3O. The first kappa shape index (κ1) is 17.3. The van der Waals surface area contributed by atoms with Gasteiger partial charge in [0.2, 0.25) is 0 Å². The van der Waals surface area contributed by atoms with Crippen molar-refractivity contribution in [2.45, 2.75) is 32.0 Å². The summed E-state index contributed by atoms with van der Waals surface area (Å²) >= 11 is 0. The van der Waals surface area contributed by atoms with E-state index in [1.54, 1.807) is 6.08 Å². The van der Waals surface area contributed by atoms with E-state index in [1.807, 2.05) is 37.3 Å². The maximum absolute atomic E-state index is 12.5. The van der Waals surface area contributed by atoms with Gasteiger partial charge in [-0.3, -0.25) is 0 Å². The molecule has 4 heteroatoms. The molecule has 0 aliphatic carbocycles. The zero-order chi connectivity index (χ0) is 16.9. The van der Waals surface area contributed by atoms with Crippen molar-refractivity contribution in [3.05, 3.63) is 82.9 Å². The maximum atomic E-state index is 12.5. The zero-order valence-electron chi connectivity index (χ0n) is 12.8. The fraction of sp³-hybridized carbons (Fsp3) is 0.263. The number of benzene rings is 2. The molecule has 0 spiro atoms. The number of hydrogen-bond donors (Lipinski definition) is 1. The Hall–Kier alpha value is -2.07. The zero-order valence-corrected chi connectivity index (χ0v) is 12.8. The molecule has 0 aliphatic heterocycles. The second-order valence-corrected chi connectivity index (χ2v) is 5.56. The van der Waals surface area contributed by atoms with Gasteiger partial charge in [0.15, 0.2) is 0 Å². The van der Waals surface area contributed by atoms with Crippen molar-refractivity contribution < 1.29 is 18.3 Å². The standard InChI is InChI=1S/C19H19F3O/c1-14(7-8-15-5-3-2-4-6-15)13-18(23)16-9-11-17(12-10-16)19(20,21)22/h2-6,9-13,18,23H,7-8H2,1H3/b14-13+/t18-/m0/s1. The van der Waals surface area contributed by atoms with Crippen molar-refractivity contribution in [2.24, 2.45) is 0 Å². The molecule has 1 atom stereocenters. The van der Waals surface area contributed by atoms with Gasteiger partial charge in [-0.05, 0) is 43.0 Å². The van der Waals surface area contributed by atoms with E-state index in [4.69, 9.17) is 0 Å². The molecular weight excluding hydrogens is 301 g/mol. The van der Waals surface area contributed by atoms with Crippen molar-refractivity contribution in [3.63, 3.8) is 0 Å². The summed E-state index contributed by atoms with van der Waals surface area (Å²) in [6.45, 7) is 1.91. The van der Waals surface area contributed by atoms with Gasteiger partial charge in [-0.15, -0.1) is 0 Å². The molecule has 0 aromatic heterocycles. The molecule has 2 aromatic rings. The Labute approximate surface area is 134 Å². The van der Waals surface area contributed by atoms with Crippen molar-refractivity contribution in [3.8, 4) is 0 Å². The summed E-state index contributed by atoms with van der Waals surface area (Å²) in [6.07, 6.45) is -1.91. The summed E-state index contributed by atoms with van der Waals surface area (Å²) in [6, 6.07) is 14.6. The summed E-state index contributed by atoms with van der Waals surface area (Å²) in [5, 5.41) is 10.1. The van der Waals surface area contributed by atoms with Gasteiger partial charge in [-0.25, -0.2) is 0 Å². The Balaban J connectivity index is 1.98. The highest BCUT2D eigenvalue weighted by molar-refractivity contribution is 5.28. The van der Waals surface area contributed by atoms with E-state index in [-0.39, 0.29) is 0 Å². The van der Waals surface area contributed by atoms with Gasteiger partial charge in [-0.2, -0.15) is 13.2 Å². The van der Waals surface area contributed by atoms with Crippen molar-refractivity contribution >= 4 is 0 Å². The predicted molar refractivity (Wildman–Crippen MR) is 84.9 cm³/mol. The minimum Gasteiger partial charge on any atom is -0.384 e. The molecule has 0 saturated heterocycles. The smallest absolute Gasteiger partial charge is 0.384 e. The highest BCUT2D eigenvalue weighted by atomic mass is 19.4. The van der Waals surface area contributed by atoms with Crippen LogP contribution in [0.1, 0.15) is 36.1 Å². The second-order valence-electron chi connectivity index (χ2n) is 5.56. The minimum absolute atomic E-state index is 0.456. The molecule has 0 radical (unpaired) electrons. The number of rotatable bonds is 5. The van der Waals surface area contributed by atoms with Crippen LogP contribution in [0.4, 0.5) is 13.2 Å². The fourth-order valence-electron chi connectivity index (χ4n) is 2.30. The largest absolute Gasteiger partial charge is 0.416 e. The average Bonchev–Trinajstić information content (AvgIpc) is 2.53. The second kappa shape index (κ2) is 7.47. The molecule has 0 heterocycles. The molecule has 122 valence electrons. The summed E-state index contributed by atoms with van der Waals surface area (Å²) in [4.78, 5) is 0. The monoisotopic (exact) mass is 320 g/mol. The summed E-state index contributed by atoms with van der Waals surface area (Å²) < 4.78 is 37.6. The lowest BCUT2D eigenvalue weighted by Gasteiger charge is -2.11. The number of aliphatic hydroxyl groups excluding tert-OH is 1. The van der Waals surface area contributed by atoms with Crippen LogP contribution in [0.2, 0.25) is 0 Å². The number of alkyl halides is 3. The molecule has 0 fully saturated rings. The number of allylic oxidation sites excluding steroid dienone is 1. The molecule has 23 heavy (non-hydrogen) atoms. The van der Waals surface area contributed by atoms with Gasteiger partial charge in [0.05, 0.1) is 11.7 Å². The number of aryl methyl sites for hydroxylation is 1. The lowest BCUT2D eigenvalue weighted by molar-refractivity contribution is -0.137. The fourth-order valence-corrected chi connectivity index (χ4v) is 2.30. The Morgan fingerprint density at radius 1 is 1.04 bits per heavy atom. The van der Waals surface area contributed by atoms with Crippen molar-refractivity contribution in [2.75, 3.05) is 0 Å². The Morgan fingerprint density at radius 2 is 1.65 bits per heavy atom. The number of halogens is 3. The van der Waals surface area contributed by atoms with Crippen LogP contribution in [-0.4, -0.2) is 5.11 Å². The Morgan fingerprint density at radius 3 is 2.22 bits per heavy atom. The van der Waals surface area contributed by atoms with Gasteiger partial charge in [0.1, 0.15) is 0 Å². The molecule has 0 bridgehead atoms. The van der Waals surface area contributed by atoms with Crippen LogP contribution in [0.25, 0.3) is 0 Å². The first-order valence-corrected chi connectivity index (χ1v) is 7.42. The molecule has 0 saturated carbocycles. The molecule has 2 rings (SSSR count). The van der Waals surface area contributed by atoms with E-state index in [1.165, 1.54) is 17.7 Å². The van der Waals surface area contributed by atoms with E-state index in [9.17, 15) is 18.3 Å². The number of aliphatic hydroxyl groups is 1.